The summed E-state index contributed by atoms with van der Waals surface area (Å²) < 4.78 is 6.01. The zero-order valence-electron chi connectivity index (χ0n) is 13.6. The van der Waals surface area contributed by atoms with Crippen molar-refractivity contribution >= 4 is 5.91 Å². The van der Waals surface area contributed by atoms with E-state index in [1.54, 1.807) is 0 Å². The van der Waals surface area contributed by atoms with E-state index >= 15 is 0 Å². The molecule has 4 nitrogen and oxygen atoms in total. The van der Waals surface area contributed by atoms with Gasteiger partial charge in [-0.15, -0.1) is 0 Å². The first-order chi connectivity index (χ1) is 10.0. The molecule has 1 aliphatic rings. The molecule has 1 aromatic rings. The summed E-state index contributed by atoms with van der Waals surface area (Å²) in [4.78, 5) is 16.8. The molecule has 0 saturated carbocycles. The number of nitrogens with zero attached hydrogens (tertiary/aromatic N) is 2. The van der Waals surface area contributed by atoms with Gasteiger partial charge in [-0.2, -0.15) is 0 Å². The lowest BCUT2D eigenvalue weighted by Gasteiger charge is -2.34. The van der Waals surface area contributed by atoms with Gasteiger partial charge in [0, 0.05) is 26.2 Å². The molecule has 0 aromatic heterocycles. The van der Waals surface area contributed by atoms with Crippen LogP contribution in [-0.2, 0) is 4.79 Å². The molecule has 0 aliphatic carbocycles. The number of carbonyl (C=O) groups is 1. The van der Waals surface area contributed by atoms with E-state index in [9.17, 15) is 4.79 Å². The summed E-state index contributed by atoms with van der Waals surface area (Å²) in [5, 5.41) is 0. The molecule has 1 aromatic carbocycles. The maximum absolute atomic E-state index is 12.6. The third kappa shape index (κ3) is 3.97. The van der Waals surface area contributed by atoms with Crippen LogP contribution in [0.2, 0.25) is 0 Å². The van der Waals surface area contributed by atoms with Crippen molar-refractivity contribution in [2.24, 2.45) is 0 Å². The van der Waals surface area contributed by atoms with Crippen LogP contribution >= 0.6 is 0 Å². The first kappa shape index (κ1) is 15.8. The van der Waals surface area contributed by atoms with Crippen molar-refractivity contribution in [3.63, 3.8) is 0 Å². The molecule has 116 valence electrons. The molecule has 1 atom stereocenters. The number of aryl methyl sites for hydroxylation is 2. The van der Waals surface area contributed by atoms with Crippen molar-refractivity contribution in [3.8, 4) is 5.75 Å². The molecule has 1 fully saturated rings. The van der Waals surface area contributed by atoms with Gasteiger partial charge in [0.15, 0.2) is 6.10 Å². The highest BCUT2D eigenvalue weighted by Gasteiger charge is 2.27. The highest BCUT2D eigenvalue weighted by Crippen LogP contribution is 2.22. The first-order valence-corrected chi connectivity index (χ1v) is 7.72. The summed E-state index contributed by atoms with van der Waals surface area (Å²) in [6.45, 7) is 9.52. The van der Waals surface area contributed by atoms with Gasteiger partial charge in [0.2, 0.25) is 0 Å². The van der Waals surface area contributed by atoms with E-state index in [2.05, 4.69) is 18.0 Å². The Bertz CT molecular complexity index is 494. The smallest absolute Gasteiger partial charge is 0.263 e. The quantitative estimate of drug-likeness (QED) is 0.852. The van der Waals surface area contributed by atoms with Gasteiger partial charge in [-0.05, 0) is 44.5 Å². The van der Waals surface area contributed by atoms with Crippen LogP contribution < -0.4 is 4.74 Å². The lowest BCUT2D eigenvalue weighted by Crippen LogP contribution is -2.51. The predicted octanol–water partition coefficient (Wildman–Crippen LogP) is 2.23. The van der Waals surface area contributed by atoms with Crippen molar-refractivity contribution in [2.45, 2.75) is 33.3 Å². The van der Waals surface area contributed by atoms with Gasteiger partial charge < -0.3 is 14.5 Å². The summed E-state index contributed by atoms with van der Waals surface area (Å²) in [5.41, 5.74) is 2.22. The number of piperazine rings is 1. The Kier molecular flexibility index (Phi) is 5.23. The Morgan fingerprint density at radius 1 is 1.24 bits per heavy atom. The molecule has 0 bridgehead atoms. The highest BCUT2D eigenvalue weighted by atomic mass is 16.5. The Labute approximate surface area is 127 Å². The lowest BCUT2D eigenvalue weighted by molar-refractivity contribution is -0.140. The van der Waals surface area contributed by atoms with Crippen molar-refractivity contribution in [2.75, 3.05) is 33.2 Å². The second-order valence-corrected chi connectivity index (χ2v) is 5.91. The van der Waals surface area contributed by atoms with E-state index in [0.29, 0.717) is 6.42 Å². The molecule has 1 unspecified atom stereocenters. The summed E-state index contributed by atoms with van der Waals surface area (Å²) in [7, 11) is 2.09. The minimum absolute atomic E-state index is 0.117. The Hall–Kier alpha value is -1.55. The molecule has 1 heterocycles. The summed E-state index contributed by atoms with van der Waals surface area (Å²) in [5.74, 6) is 0.941. The fourth-order valence-electron chi connectivity index (χ4n) is 2.53. The minimum atomic E-state index is -0.381. The Balaban J connectivity index is 2.05. The van der Waals surface area contributed by atoms with Crippen LogP contribution in [0.25, 0.3) is 0 Å². The van der Waals surface area contributed by atoms with Crippen LogP contribution in [0.5, 0.6) is 5.75 Å². The number of benzene rings is 1. The fourth-order valence-corrected chi connectivity index (χ4v) is 2.53. The molecule has 0 N–H and O–H groups in total. The number of rotatable bonds is 4. The minimum Gasteiger partial charge on any atom is -0.480 e. The topological polar surface area (TPSA) is 32.8 Å². The molecule has 21 heavy (non-hydrogen) atoms. The third-order valence-corrected chi connectivity index (χ3v) is 4.07. The van der Waals surface area contributed by atoms with Gasteiger partial charge in [0.25, 0.3) is 5.91 Å². The molecule has 2 rings (SSSR count). The summed E-state index contributed by atoms with van der Waals surface area (Å²) in [6, 6.07) is 6.11. The predicted molar refractivity (Wildman–Crippen MR) is 84.7 cm³/mol. The summed E-state index contributed by atoms with van der Waals surface area (Å²) >= 11 is 0. The lowest BCUT2D eigenvalue weighted by atomic mass is 10.1. The number of hydrogen-bond acceptors (Lipinski definition) is 3. The molecular weight excluding hydrogens is 264 g/mol. The maximum Gasteiger partial charge on any atom is 0.263 e. The standard InChI is InChI=1S/C17H26N2O2/c1-5-15(17(20)19-10-8-18(4)9-11-19)21-16-12-13(2)6-7-14(16)3/h6-7,12,15H,5,8-11H2,1-4H3. The number of amides is 1. The molecule has 0 radical (unpaired) electrons. The first-order valence-electron chi connectivity index (χ1n) is 7.72. The third-order valence-electron chi connectivity index (χ3n) is 4.07. The van der Waals surface area contributed by atoms with E-state index in [1.165, 1.54) is 0 Å². The molecular formula is C17H26N2O2. The van der Waals surface area contributed by atoms with Crippen LogP contribution in [-0.4, -0.2) is 55.0 Å². The van der Waals surface area contributed by atoms with Gasteiger partial charge in [0.1, 0.15) is 5.75 Å². The number of ether oxygens (including phenoxy) is 1. The maximum atomic E-state index is 12.6. The average Bonchev–Trinajstić information content (AvgIpc) is 2.48. The van der Waals surface area contributed by atoms with Crippen molar-refractivity contribution in [1.29, 1.82) is 0 Å². The molecule has 1 saturated heterocycles. The van der Waals surface area contributed by atoms with Gasteiger partial charge in [0.05, 0.1) is 0 Å². The zero-order chi connectivity index (χ0) is 15.4. The molecule has 4 heteroatoms. The second kappa shape index (κ2) is 6.94. The number of likely N-dealkylation sites (N-methyl/N-ethyl adjacent to an activating group) is 1. The molecule has 0 spiro atoms. The normalized spacial score (nSPS) is 17.6. The van der Waals surface area contributed by atoms with Crippen LogP contribution in [0.3, 0.4) is 0 Å². The van der Waals surface area contributed by atoms with Gasteiger partial charge in [-0.1, -0.05) is 19.1 Å². The van der Waals surface area contributed by atoms with Crippen LogP contribution in [0, 0.1) is 13.8 Å². The van der Waals surface area contributed by atoms with Gasteiger partial charge in [-0.25, -0.2) is 0 Å². The summed E-state index contributed by atoms with van der Waals surface area (Å²) in [6.07, 6.45) is 0.312. The van der Waals surface area contributed by atoms with Crippen molar-refractivity contribution < 1.29 is 9.53 Å². The fraction of sp³-hybridized carbons (Fsp3) is 0.588. The van der Waals surface area contributed by atoms with Crippen molar-refractivity contribution in [3.05, 3.63) is 29.3 Å². The SMILES string of the molecule is CCC(Oc1cc(C)ccc1C)C(=O)N1CCN(C)CC1. The van der Waals surface area contributed by atoms with E-state index in [0.717, 1.165) is 43.1 Å². The average molecular weight is 290 g/mol. The Morgan fingerprint density at radius 2 is 1.90 bits per heavy atom. The largest absolute Gasteiger partial charge is 0.480 e. The Morgan fingerprint density at radius 3 is 2.52 bits per heavy atom. The number of carbonyl (C=O) groups excluding carboxylic acids is 1. The molecule has 1 aliphatic heterocycles. The van der Waals surface area contributed by atoms with Crippen molar-refractivity contribution in [1.82, 2.24) is 9.80 Å². The van der Waals surface area contributed by atoms with E-state index in [1.807, 2.05) is 37.8 Å². The van der Waals surface area contributed by atoms with Gasteiger partial charge >= 0.3 is 0 Å². The van der Waals surface area contributed by atoms with Gasteiger partial charge in [-0.3, -0.25) is 4.79 Å². The van der Waals surface area contributed by atoms with E-state index in [-0.39, 0.29) is 12.0 Å². The van der Waals surface area contributed by atoms with Crippen LogP contribution in [0.4, 0.5) is 0 Å². The number of hydrogen-bond donors (Lipinski definition) is 0. The monoisotopic (exact) mass is 290 g/mol. The second-order valence-electron chi connectivity index (χ2n) is 5.91. The van der Waals surface area contributed by atoms with E-state index in [4.69, 9.17) is 4.74 Å². The van der Waals surface area contributed by atoms with Crippen LogP contribution in [0.15, 0.2) is 18.2 Å². The highest BCUT2D eigenvalue weighted by molar-refractivity contribution is 5.81. The van der Waals surface area contributed by atoms with E-state index < -0.39 is 0 Å². The van der Waals surface area contributed by atoms with Crippen LogP contribution in [0.1, 0.15) is 24.5 Å². The molecule has 1 amide bonds. The zero-order valence-corrected chi connectivity index (χ0v) is 13.6.